The summed E-state index contributed by atoms with van der Waals surface area (Å²) in [5.74, 6) is 0. The largest absolute Gasteiger partial charge is 0.316 e. The molecule has 2 rings (SSSR count). The van der Waals surface area contributed by atoms with E-state index in [0.717, 1.165) is 11.1 Å². The van der Waals surface area contributed by atoms with Gasteiger partial charge in [-0.25, -0.2) is 0 Å². The maximum Gasteiger partial charge on any atom is 0.316 e. The molecule has 2 aromatic rings. The van der Waals surface area contributed by atoms with Gasteiger partial charge in [0.2, 0.25) is 0 Å². The van der Waals surface area contributed by atoms with E-state index in [4.69, 9.17) is 11.6 Å². The molecular formula is C12H8ClNO2S. The summed E-state index contributed by atoms with van der Waals surface area (Å²) in [6, 6.07) is 14.7. The Bertz CT molecular complexity index is 658. The first-order valence-corrected chi connectivity index (χ1v) is 6.24. The lowest BCUT2D eigenvalue weighted by atomic mass is 10.1. The van der Waals surface area contributed by atoms with Crippen molar-refractivity contribution in [2.24, 2.45) is 4.36 Å². The van der Waals surface area contributed by atoms with E-state index in [1.807, 2.05) is 30.3 Å². The van der Waals surface area contributed by atoms with Crippen molar-refractivity contribution in [3.63, 3.8) is 0 Å². The van der Waals surface area contributed by atoms with Crippen LogP contribution in [0.15, 0.2) is 52.9 Å². The molecule has 5 heteroatoms. The van der Waals surface area contributed by atoms with E-state index in [9.17, 15) is 8.42 Å². The smallest absolute Gasteiger partial charge is 0.163 e. The number of benzene rings is 2. The molecule has 0 atom stereocenters. The van der Waals surface area contributed by atoms with E-state index in [2.05, 4.69) is 4.36 Å². The molecule has 0 aliphatic carbocycles. The second-order valence-corrected chi connectivity index (χ2v) is 4.36. The molecule has 3 nitrogen and oxygen atoms in total. The van der Waals surface area contributed by atoms with Gasteiger partial charge in [0.05, 0.1) is 10.7 Å². The monoisotopic (exact) mass is 265 g/mol. The van der Waals surface area contributed by atoms with E-state index in [-0.39, 0.29) is 5.69 Å². The van der Waals surface area contributed by atoms with Crippen LogP contribution in [-0.4, -0.2) is 8.42 Å². The van der Waals surface area contributed by atoms with E-state index in [0.29, 0.717) is 5.02 Å². The van der Waals surface area contributed by atoms with Gasteiger partial charge in [0.1, 0.15) is 0 Å². The zero-order valence-corrected chi connectivity index (χ0v) is 10.2. The van der Waals surface area contributed by atoms with Crippen LogP contribution in [0.25, 0.3) is 11.1 Å². The van der Waals surface area contributed by atoms with Crippen LogP contribution in [-0.2, 0) is 10.5 Å². The highest BCUT2D eigenvalue weighted by Gasteiger charge is 2.02. The molecule has 0 bridgehead atoms. The van der Waals surface area contributed by atoms with Crippen LogP contribution in [0.4, 0.5) is 5.69 Å². The fraction of sp³-hybridized carbons (Fsp3) is 0. The molecule has 0 saturated carbocycles. The van der Waals surface area contributed by atoms with Crippen LogP contribution >= 0.6 is 11.6 Å². The number of rotatable bonds is 2. The Morgan fingerprint density at radius 2 is 1.65 bits per heavy atom. The molecule has 17 heavy (non-hydrogen) atoms. The number of halogens is 1. The Balaban J connectivity index is 2.48. The maximum absolute atomic E-state index is 10.5. The fourth-order valence-corrected chi connectivity index (χ4v) is 2.06. The highest BCUT2D eigenvalue weighted by Crippen LogP contribution is 2.30. The molecule has 0 heterocycles. The van der Waals surface area contributed by atoms with Gasteiger partial charge in [-0.2, -0.15) is 8.42 Å². The summed E-state index contributed by atoms with van der Waals surface area (Å²) in [6.45, 7) is 0. The van der Waals surface area contributed by atoms with E-state index < -0.39 is 10.5 Å². The van der Waals surface area contributed by atoms with Gasteiger partial charge in [-0.1, -0.05) is 48.0 Å². The SMILES string of the molecule is O=S(=O)=Nc1ccc(-c2ccccc2)cc1Cl. The molecule has 0 saturated heterocycles. The van der Waals surface area contributed by atoms with Gasteiger partial charge in [0.15, 0.2) is 0 Å². The van der Waals surface area contributed by atoms with Crippen LogP contribution in [0.3, 0.4) is 0 Å². The molecule has 0 N–H and O–H groups in total. The lowest BCUT2D eigenvalue weighted by Crippen LogP contribution is -1.77. The van der Waals surface area contributed by atoms with Gasteiger partial charge >= 0.3 is 10.5 Å². The summed E-state index contributed by atoms with van der Waals surface area (Å²) in [7, 11) is -2.49. The van der Waals surface area contributed by atoms with Crippen molar-refractivity contribution in [3.8, 4) is 11.1 Å². The predicted molar refractivity (Wildman–Crippen MR) is 67.9 cm³/mol. The summed E-state index contributed by atoms with van der Waals surface area (Å²) >= 11 is 5.96. The number of hydrogen-bond acceptors (Lipinski definition) is 3. The highest BCUT2D eigenvalue weighted by atomic mass is 35.5. The molecule has 0 radical (unpaired) electrons. The minimum atomic E-state index is -2.49. The third kappa shape index (κ3) is 2.93. The van der Waals surface area contributed by atoms with Crippen molar-refractivity contribution in [1.82, 2.24) is 0 Å². The predicted octanol–water partition coefficient (Wildman–Crippen LogP) is 3.70. The molecule has 2 aromatic carbocycles. The first kappa shape index (κ1) is 11.8. The topological polar surface area (TPSA) is 46.5 Å². The van der Waals surface area contributed by atoms with Gasteiger partial charge in [-0.15, -0.1) is 4.36 Å². The average molecular weight is 266 g/mol. The van der Waals surface area contributed by atoms with Crippen molar-refractivity contribution in [3.05, 3.63) is 53.6 Å². The third-order valence-electron chi connectivity index (χ3n) is 2.23. The Hall–Kier alpha value is -1.65. The second-order valence-electron chi connectivity index (χ2n) is 3.34. The quantitative estimate of drug-likeness (QED) is 0.831. The zero-order chi connectivity index (χ0) is 12.3. The minimum Gasteiger partial charge on any atom is -0.163 e. The van der Waals surface area contributed by atoms with E-state index in [1.54, 1.807) is 18.2 Å². The van der Waals surface area contributed by atoms with Crippen molar-refractivity contribution in [1.29, 1.82) is 0 Å². The molecule has 0 fully saturated rings. The van der Waals surface area contributed by atoms with Crippen LogP contribution in [0, 0.1) is 0 Å². The molecule has 0 spiro atoms. The number of hydrogen-bond donors (Lipinski definition) is 0. The lowest BCUT2D eigenvalue weighted by Gasteiger charge is -2.02. The minimum absolute atomic E-state index is 0.250. The molecular weight excluding hydrogens is 258 g/mol. The van der Waals surface area contributed by atoms with E-state index >= 15 is 0 Å². The molecule has 0 aliphatic heterocycles. The van der Waals surface area contributed by atoms with Crippen LogP contribution in [0.5, 0.6) is 0 Å². The van der Waals surface area contributed by atoms with Crippen molar-refractivity contribution in [2.75, 3.05) is 0 Å². The van der Waals surface area contributed by atoms with Crippen LogP contribution in [0.2, 0.25) is 5.02 Å². The first-order chi connectivity index (χ1) is 8.16. The van der Waals surface area contributed by atoms with Gasteiger partial charge in [0.25, 0.3) is 0 Å². The highest BCUT2D eigenvalue weighted by molar-refractivity contribution is 7.61. The van der Waals surface area contributed by atoms with Crippen molar-refractivity contribution < 1.29 is 8.42 Å². The van der Waals surface area contributed by atoms with Crippen LogP contribution < -0.4 is 0 Å². The number of nitrogens with zero attached hydrogens (tertiary/aromatic N) is 1. The Morgan fingerprint density at radius 3 is 2.24 bits per heavy atom. The average Bonchev–Trinajstić information content (AvgIpc) is 2.32. The Labute approximate surface area is 105 Å². The third-order valence-corrected chi connectivity index (χ3v) is 2.88. The molecule has 0 aliphatic rings. The second kappa shape index (κ2) is 5.12. The van der Waals surface area contributed by atoms with Gasteiger partial charge in [-0.05, 0) is 23.3 Å². The van der Waals surface area contributed by atoms with Crippen molar-refractivity contribution >= 4 is 27.8 Å². The summed E-state index contributed by atoms with van der Waals surface area (Å²) in [5, 5.41) is 0.315. The van der Waals surface area contributed by atoms with Crippen LogP contribution in [0.1, 0.15) is 0 Å². The Morgan fingerprint density at radius 1 is 0.941 bits per heavy atom. The fourth-order valence-electron chi connectivity index (χ4n) is 1.47. The van der Waals surface area contributed by atoms with Gasteiger partial charge in [-0.3, -0.25) is 0 Å². The summed E-state index contributed by atoms with van der Waals surface area (Å²) in [4.78, 5) is 0. The molecule has 86 valence electrons. The van der Waals surface area contributed by atoms with Gasteiger partial charge in [0, 0.05) is 0 Å². The molecule has 0 amide bonds. The summed E-state index contributed by atoms with van der Waals surface area (Å²) in [5.41, 5.74) is 2.19. The lowest BCUT2D eigenvalue weighted by molar-refractivity contribution is 0.622. The summed E-state index contributed by atoms with van der Waals surface area (Å²) < 4.78 is 24.3. The molecule has 0 unspecified atom stereocenters. The maximum atomic E-state index is 10.5. The molecule has 0 aromatic heterocycles. The Kier molecular flexibility index (Phi) is 3.56. The van der Waals surface area contributed by atoms with Gasteiger partial charge < -0.3 is 0 Å². The van der Waals surface area contributed by atoms with Crippen molar-refractivity contribution in [2.45, 2.75) is 0 Å². The normalized spacial score (nSPS) is 9.94. The standard InChI is InChI=1S/C12H8ClNO2S/c13-11-8-10(9-4-2-1-3-5-9)6-7-12(11)14-17(15)16/h1-8H. The summed E-state index contributed by atoms with van der Waals surface area (Å²) in [6.07, 6.45) is 0. The first-order valence-electron chi connectivity index (χ1n) is 4.83. The zero-order valence-electron chi connectivity index (χ0n) is 8.67. The van der Waals surface area contributed by atoms with E-state index in [1.165, 1.54) is 0 Å².